The number of carboxylic acids is 4. The molecule has 3 aromatic rings. The van der Waals surface area contributed by atoms with E-state index in [1.54, 1.807) is 26.0 Å². The van der Waals surface area contributed by atoms with E-state index in [0.717, 1.165) is 29.3 Å². The van der Waals surface area contributed by atoms with E-state index < -0.39 is 69.3 Å². The van der Waals surface area contributed by atoms with Gasteiger partial charge in [-0.05, 0) is 55.3 Å². The van der Waals surface area contributed by atoms with Gasteiger partial charge in [0.1, 0.15) is 17.1 Å². The third kappa shape index (κ3) is 6.78. The Morgan fingerprint density at radius 1 is 0.717 bits per heavy atom. The van der Waals surface area contributed by atoms with Crippen LogP contribution in [-0.4, -0.2) is 62.0 Å². The van der Waals surface area contributed by atoms with E-state index in [4.69, 9.17) is 9.47 Å². The predicted octanol–water partition coefficient (Wildman–Crippen LogP) is 4.77. The molecule has 1 heterocycles. The number of carbonyl (C=O) groups excluding carboxylic acids is 2. The lowest BCUT2D eigenvalue weighted by Gasteiger charge is -2.34. The Labute approximate surface area is 260 Å². The Hall–Kier alpha value is -6.24. The van der Waals surface area contributed by atoms with E-state index in [1.165, 1.54) is 24.3 Å². The number of allylic oxidation sites excluding steroid dienone is 2. The van der Waals surface area contributed by atoms with E-state index >= 15 is 0 Å². The number of esters is 2. The lowest BCUT2D eigenvalue weighted by molar-refractivity contribution is -0.193. The topological polar surface area (TPSA) is 211 Å². The summed E-state index contributed by atoms with van der Waals surface area (Å²) in [5, 5.41) is 38.0. The normalized spacial score (nSPS) is 17.7. The first-order valence-corrected chi connectivity index (χ1v) is 13.4. The Morgan fingerprint density at radius 2 is 1.35 bits per heavy atom. The molecular weight excluding hydrogens is 604 g/mol. The van der Waals surface area contributed by atoms with Crippen molar-refractivity contribution in [1.29, 1.82) is 0 Å². The van der Waals surface area contributed by atoms with Gasteiger partial charge in [-0.25, -0.2) is 19.2 Å². The van der Waals surface area contributed by atoms with E-state index in [1.807, 2.05) is 30.3 Å². The molecule has 0 bridgehead atoms. The Kier molecular flexibility index (Phi) is 9.08. The van der Waals surface area contributed by atoms with Crippen LogP contribution in [0.1, 0.15) is 67.3 Å². The number of ether oxygens (including phenoxy) is 3. The molecule has 1 aliphatic carbocycles. The van der Waals surface area contributed by atoms with Gasteiger partial charge in [0.05, 0.1) is 16.7 Å². The van der Waals surface area contributed by atoms with Gasteiger partial charge >= 0.3 is 35.8 Å². The third-order valence-electron chi connectivity index (χ3n) is 6.93. The van der Waals surface area contributed by atoms with E-state index in [-0.39, 0.29) is 17.9 Å². The van der Waals surface area contributed by atoms with Crippen molar-refractivity contribution in [3.8, 4) is 11.5 Å². The monoisotopic (exact) mass is 630 g/mol. The number of carboxylic acid groups (broad SMARTS) is 4. The number of hydrogen-bond acceptors (Lipinski definition) is 9. The van der Waals surface area contributed by atoms with Crippen molar-refractivity contribution < 1.29 is 63.4 Å². The fraction of sp³-hybridized carbons (Fsp3) is 0.152. The molecule has 236 valence electrons. The van der Waals surface area contributed by atoms with Crippen molar-refractivity contribution in [3.05, 3.63) is 113 Å². The highest BCUT2D eigenvalue weighted by Gasteiger charge is 2.50. The average Bonchev–Trinajstić information content (AvgIpc) is 3.02. The van der Waals surface area contributed by atoms with Gasteiger partial charge in [0.2, 0.25) is 0 Å². The summed E-state index contributed by atoms with van der Waals surface area (Å²) in [5.41, 5.74) is -1.24. The molecule has 3 aromatic carbocycles. The highest BCUT2D eigenvalue weighted by atomic mass is 16.7. The van der Waals surface area contributed by atoms with Crippen molar-refractivity contribution in [2.45, 2.75) is 26.1 Å². The van der Waals surface area contributed by atoms with Gasteiger partial charge < -0.3 is 34.6 Å². The fourth-order valence-electron chi connectivity index (χ4n) is 4.35. The molecule has 1 saturated heterocycles. The zero-order chi connectivity index (χ0) is 33.8. The lowest BCUT2D eigenvalue weighted by Crippen LogP contribution is -2.48. The van der Waals surface area contributed by atoms with Crippen LogP contribution >= 0.6 is 0 Å². The molecule has 1 atom stereocenters. The summed E-state index contributed by atoms with van der Waals surface area (Å²) < 4.78 is 16.1. The largest absolute Gasteiger partial charge is 0.478 e. The smallest absolute Gasteiger partial charge is 0.340 e. The Morgan fingerprint density at radius 3 is 1.83 bits per heavy atom. The quantitative estimate of drug-likeness (QED) is 0.143. The SMILES string of the molecule is CC1(C)C(=O)OC1=O.O=C(O)c1ccc(OC2(Oc3cccc(C(=O)O)c3C(=O)O)C=CC(c3ccccc3)=CC2)cc1C(=O)O. The molecule has 1 aliphatic heterocycles. The number of carbonyl (C=O) groups is 6. The van der Waals surface area contributed by atoms with Crippen LogP contribution < -0.4 is 9.47 Å². The molecule has 1 fully saturated rings. The molecule has 0 amide bonds. The highest BCUT2D eigenvalue weighted by molar-refractivity contribution is 6.13. The average molecular weight is 631 g/mol. The zero-order valence-electron chi connectivity index (χ0n) is 24.3. The van der Waals surface area contributed by atoms with Crippen molar-refractivity contribution in [1.82, 2.24) is 0 Å². The number of benzene rings is 3. The van der Waals surface area contributed by atoms with Gasteiger partial charge in [-0.1, -0.05) is 48.6 Å². The third-order valence-corrected chi connectivity index (χ3v) is 6.93. The lowest BCUT2D eigenvalue weighted by atomic mass is 9.90. The van der Waals surface area contributed by atoms with Crippen LogP contribution in [0, 0.1) is 5.41 Å². The standard InChI is InChI=1S/C28H20O10.C5H6O3/c29-24(30)19-10-9-18(15-21(19)26(33)34)37-28(13-11-17(12-14-28)16-5-2-1-3-6-16)38-22-8-4-7-20(25(31)32)23(22)27(35)36;1-5(2)3(6)8-4(5)7/h1-13,15H,14H2,(H,29,30)(H,31,32)(H,33,34)(H,35,36);1-2H3. The molecule has 46 heavy (non-hydrogen) atoms. The second kappa shape index (κ2) is 12.8. The van der Waals surface area contributed by atoms with Crippen LogP contribution in [0.4, 0.5) is 0 Å². The van der Waals surface area contributed by atoms with Crippen molar-refractivity contribution in [2.75, 3.05) is 0 Å². The molecule has 0 saturated carbocycles. The highest BCUT2D eigenvalue weighted by Crippen LogP contribution is 2.36. The van der Waals surface area contributed by atoms with Crippen LogP contribution in [0.15, 0.2) is 85.0 Å². The summed E-state index contributed by atoms with van der Waals surface area (Å²) in [7, 11) is 0. The minimum atomic E-state index is -1.74. The van der Waals surface area contributed by atoms with Gasteiger partial charge in [0.15, 0.2) is 5.41 Å². The molecule has 5 rings (SSSR count). The first-order valence-electron chi connectivity index (χ1n) is 13.4. The molecule has 4 N–H and O–H groups in total. The molecule has 0 radical (unpaired) electrons. The summed E-state index contributed by atoms with van der Waals surface area (Å²) >= 11 is 0. The first-order chi connectivity index (χ1) is 21.6. The molecule has 0 aromatic heterocycles. The number of cyclic esters (lactones) is 2. The maximum Gasteiger partial charge on any atom is 0.340 e. The van der Waals surface area contributed by atoms with Gasteiger partial charge in [0, 0.05) is 12.5 Å². The van der Waals surface area contributed by atoms with Crippen LogP contribution in [0.3, 0.4) is 0 Å². The maximum atomic E-state index is 12.0. The van der Waals surface area contributed by atoms with Crippen LogP contribution in [-0.2, 0) is 14.3 Å². The van der Waals surface area contributed by atoms with E-state index in [9.17, 15) is 49.2 Å². The summed E-state index contributed by atoms with van der Waals surface area (Å²) in [4.78, 5) is 67.4. The van der Waals surface area contributed by atoms with Crippen molar-refractivity contribution in [3.63, 3.8) is 0 Å². The fourth-order valence-corrected chi connectivity index (χ4v) is 4.35. The molecule has 2 aliphatic rings. The number of rotatable bonds is 9. The molecule has 1 unspecified atom stereocenters. The minimum Gasteiger partial charge on any atom is -0.478 e. The maximum absolute atomic E-state index is 12.0. The second-order valence-electron chi connectivity index (χ2n) is 10.5. The summed E-state index contributed by atoms with van der Waals surface area (Å²) in [6, 6.07) is 16.4. The van der Waals surface area contributed by atoms with Gasteiger partial charge in [-0.15, -0.1) is 0 Å². The summed E-state index contributed by atoms with van der Waals surface area (Å²) in [5.74, 6) is -8.89. The van der Waals surface area contributed by atoms with Crippen LogP contribution in [0.25, 0.3) is 5.57 Å². The number of aromatic carboxylic acids is 4. The van der Waals surface area contributed by atoms with Crippen molar-refractivity contribution in [2.24, 2.45) is 5.41 Å². The predicted molar refractivity (Wildman–Crippen MR) is 158 cm³/mol. The summed E-state index contributed by atoms with van der Waals surface area (Å²) in [6.07, 6.45) is 4.94. The summed E-state index contributed by atoms with van der Waals surface area (Å²) in [6.45, 7) is 3.09. The van der Waals surface area contributed by atoms with E-state index in [2.05, 4.69) is 4.74 Å². The van der Waals surface area contributed by atoms with E-state index in [0.29, 0.717) is 0 Å². The Balaban J connectivity index is 0.000000523. The van der Waals surface area contributed by atoms with Gasteiger partial charge in [-0.2, -0.15) is 0 Å². The van der Waals surface area contributed by atoms with Crippen LogP contribution in [0.5, 0.6) is 11.5 Å². The minimum absolute atomic E-state index is 0.00712. The zero-order valence-corrected chi connectivity index (χ0v) is 24.3. The van der Waals surface area contributed by atoms with Gasteiger partial charge in [0.25, 0.3) is 5.79 Å². The Bertz CT molecular complexity index is 1800. The second-order valence-corrected chi connectivity index (χ2v) is 10.5. The molecule has 0 spiro atoms. The van der Waals surface area contributed by atoms with Crippen LogP contribution in [0.2, 0.25) is 0 Å². The molecule has 13 heteroatoms. The number of hydrogen-bond donors (Lipinski definition) is 4. The van der Waals surface area contributed by atoms with Crippen molar-refractivity contribution >= 4 is 41.4 Å². The first kappa shape index (κ1) is 32.7. The molecular formula is C33H26O13. The van der Waals surface area contributed by atoms with Gasteiger partial charge in [-0.3, -0.25) is 9.59 Å². The molecule has 13 nitrogen and oxygen atoms in total.